The molecule has 0 saturated heterocycles. The standard InChI is InChI=1S/C18H20FNO/c1-11-8-12(2)17(16(19)9-11)18-15-5-4-14(21-3)10-13(15)6-7-20-18/h4-5,8-10,18,20H,6-7H2,1-3H3. The Kier molecular flexibility index (Phi) is 3.68. The van der Waals surface area contributed by atoms with E-state index in [9.17, 15) is 4.39 Å². The molecule has 1 aliphatic rings. The topological polar surface area (TPSA) is 21.3 Å². The third-order valence-electron chi connectivity index (χ3n) is 4.17. The number of hydrogen-bond donors (Lipinski definition) is 1. The van der Waals surface area contributed by atoms with Gasteiger partial charge in [-0.25, -0.2) is 4.39 Å². The summed E-state index contributed by atoms with van der Waals surface area (Å²) < 4.78 is 19.8. The molecule has 3 rings (SSSR count). The maximum absolute atomic E-state index is 14.5. The number of methoxy groups -OCH3 is 1. The number of hydrogen-bond acceptors (Lipinski definition) is 2. The molecule has 2 aromatic carbocycles. The number of rotatable bonds is 2. The van der Waals surface area contributed by atoms with Gasteiger partial charge in [0.25, 0.3) is 0 Å². The summed E-state index contributed by atoms with van der Waals surface area (Å²) in [5.41, 5.74) is 5.09. The second-order valence-electron chi connectivity index (χ2n) is 5.68. The van der Waals surface area contributed by atoms with Gasteiger partial charge in [0.1, 0.15) is 11.6 Å². The van der Waals surface area contributed by atoms with Crippen LogP contribution in [0.3, 0.4) is 0 Å². The van der Waals surface area contributed by atoms with Crippen molar-refractivity contribution >= 4 is 0 Å². The van der Waals surface area contributed by atoms with Crippen LogP contribution in [0.15, 0.2) is 30.3 Å². The Morgan fingerprint density at radius 3 is 2.71 bits per heavy atom. The summed E-state index contributed by atoms with van der Waals surface area (Å²) >= 11 is 0. The van der Waals surface area contributed by atoms with Gasteiger partial charge in [0.2, 0.25) is 0 Å². The van der Waals surface area contributed by atoms with Crippen molar-refractivity contribution in [3.63, 3.8) is 0 Å². The fraction of sp³-hybridized carbons (Fsp3) is 0.333. The summed E-state index contributed by atoms with van der Waals surface area (Å²) in [5, 5.41) is 3.45. The molecule has 0 bridgehead atoms. The van der Waals surface area contributed by atoms with E-state index in [-0.39, 0.29) is 11.9 Å². The monoisotopic (exact) mass is 285 g/mol. The molecule has 1 unspecified atom stereocenters. The fourth-order valence-electron chi connectivity index (χ4n) is 3.22. The number of halogens is 1. The Labute approximate surface area is 125 Å². The summed E-state index contributed by atoms with van der Waals surface area (Å²) in [4.78, 5) is 0. The lowest BCUT2D eigenvalue weighted by atomic mass is 9.87. The Balaban J connectivity index is 2.11. The zero-order valence-electron chi connectivity index (χ0n) is 12.7. The van der Waals surface area contributed by atoms with Crippen LogP contribution >= 0.6 is 0 Å². The van der Waals surface area contributed by atoms with E-state index < -0.39 is 0 Å². The summed E-state index contributed by atoms with van der Waals surface area (Å²) in [6.45, 7) is 4.75. The lowest BCUT2D eigenvalue weighted by Gasteiger charge is -2.29. The largest absolute Gasteiger partial charge is 0.497 e. The van der Waals surface area contributed by atoms with Crippen molar-refractivity contribution in [1.29, 1.82) is 0 Å². The van der Waals surface area contributed by atoms with Gasteiger partial charge in [-0.2, -0.15) is 0 Å². The first-order valence-electron chi connectivity index (χ1n) is 7.27. The first-order valence-corrected chi connectivity index (χ1v) is 7.27. The van der Waals surface area contributed by atoms with Crippen LogP contribution in [0.4, 0.5) is 4.39 Å². The van der Waals surface area contributed by atoms with E-state index in [0.717, 1.165) is 41.0 Å². The van der Waals surface area contributed by atoms with Crippen LogP contribution in [0.2, 0.25) is 0 Å². The molecule has 2 aromatic rings. The third kappa shape index (κ3) is 2.54. The Morgan fingerprint density at radius 1 is 1.19 bits per heavy atom. The van der Waals surface area contributed by atoms with E-state index in [1.54, 1.807) is 13.2 Å². The van der Waals surface area contributed by atoms with Crippen molar-refractivity contribution < 1.29 is 9.13 Å². The van der Waals surface area contributed by atoms with Crippen LogP contribution < -0.4 is 10.1 Å². The lowest BCUT2D eigenvalue weighted by molar-refractivity contribution is 0.413. The van der Waals surface area contributed by atoms with Crippen LogP contribution in [0.25, 0.3) is 0 Å². The summed E-state index contributed by atoms with van der Waals surface area (Å²) in [6, 6.07) is 9.62. The maximum Gasteiger partial charge on any atom is 0.128 e. The summed E-state index contributed by atoms with van der Waals surface area (Å²) in [7, 11) is 1.67. The second-order valence-corrected chi connectivity index (χ2v) is 5.68. The molecule has 110 valence electrons. The van der Waals surface area contributed by atoms with Crippen molar-refractivity contribution in [3.8, 4) is 5.75 Å². The van der Waals surface area contributed by atoms with Gasteiger partial charge in [0, 0.05) is 12.1 Å². The van der Waals surface area contributed by atoms with Crippen LogP contribution in [0.1, 0.15) is 33.9 Å². The Morgan fingerprint density at radius 2 is 2.00 bits per heavy atom. The van der Waals surface area contributed by atoms with Gasteiger partial charge < -0.3 is 10.1 Å². The Bertz CT molecular complexity index is 658. The van der Waals surface area contributed by atoms with Gasteiger partial charge in [0.05, 0.1) is 13.2 Å². The van der Waals surface area contributed by atoms with Crippen molar-refractivity contribution in [3.05, 3.63) is 64.0 Å². The molecular formula is C18H20FNO. The van der Waals surface area contributed by atoms with Gasteiger partial charge in [-0.3, -0.25) is 0 Å². The van der Waals surface area contributed by atoms with Crippen LogP contribution in [0.5, 0.6) is 5.75 Å². The Hall–Kier alpha value is -1.87. The highest BCUT2D eigenvalue weighted by Gasteiger charge is 2.25. The average molecular weight is 285 g/mol. The quantitative estimate of drug-likeness (QED) is 0.908. The van der Waals surface area contributed by atoms with Crippen molar-refractivity contribution in [2.75, 3.05) is 13.7 Å². The molecule has 1 atom stereocenters. The molecule has 0 amide bonds. The predicted molar refractivity (Wildman–Crippen MR) is 82.4 cm³/mol. The smallest absolute Gasteiger partial charge is 0.128 e. The SMILES string of the molecule is COc1ccc2c(c1)CCNC2c1c(C)cc(C)cc1F. The molecular weight excluding hydrogens is 265 g/mol. The minimum Gasteiger partial charge on any atom is -0.497 e. The molecule has 3 heteroatoms. The maximum atomic E-state index is 14.5. The van der Waals surface area contributed by atoms with Crippen molar-refractivity contribution in [1.82, 2.24) is 5.32 Å². The minimum absolute atomic E-state index is 0.0831. The molecule has 1 heterocycles. The van der Waals surface area contributed by atoms with Crippen LogP contribution in [-0.2, 0) is 6.42 Å². The number of aryl methyl sites for hydroxylation is 2. The molecule has 0 aliphatic carbocycles. The minimum atomic E-state index is -0.131. The number of benzene rings is 2. The van der Waals surface area contributed by atoms with Gasteiger partial charge in [-0.15, -0.1) is 0 Å². The predicted octanol–water partition coefficient (Wildman–Crippen LogP) is 3.69. The molecule has 0 aromatic heterocycles. The zero-order chi connectivity index (χ0) is 15.0. The molecule has 2 nitrogen and oxygen atoms in total. The molecule has 1 aliphatic heterocycles. The van der Waals surface area contributed by atoms with Crippen LogP contribution in [-0.4, -0.2) is 13.7 Å². The van der Waals surface area contributed by atoms with Crippen molar-refractivity contribution in [2.45, 2.75) is 26.3 Å². The normalized spacial score (nSPS) is 17.4. The number of ether oxygens (including phenoxy) is 1. The number of fused-ring (bicyclic) bond motifs is 1. The first kappa shape index (κ1) is 14.1. The molecule has 0 saturated carbocycles. The van der Waals surface area contributed by atoms with Gasteiger partial charge >= 0.3 is 0 Å². The first-order chi connectivity index (χ1) is 10.1. The van der Waals surface area contributed by atoms with E-state index in [2.05, 4.69) is 11.4 Å². The zero-order valence-corrected chi connectivity index (χ0v) is 12.7. The van der Waals surface area contributed by atoms with Gasteiger partial charge in [-0.05, 0) is 60.7 Å². The van der Waals surface area contributed by atoms with Gasteiger partial charge in [0.15, 0.2) is 0 Å². The summed E-state index contributed by atoms with van der Waals surface area (Å²) in [5.74, 6) is 0.726. The average Bonchev–Trinajstić information content (AvgIpc) is 2.45. The van der Waals surface area contributed by atoms with E-state index in [4.69, 9.17) is 4.74 Å². The molecule has 21 heavy (non-hydrogen) atoms. The van der Waals surface area contributed by atoms with E-state index in [0.29, 0.717) is 0 Å². The van der Waals surface area contributed by atoms with Gasteiger partial charge in [-0.1, -0.05) is 12.1 Å². The highest BCUT2D eigenvalue weighted by atomic mass is 19.1. The van der Waals surface area contributed by atoms with E-state index >= 15 is 0 Å². The third-order valence-corrected chi connectivity index (χ3v) is 4.17. The lowest BCUT2D eigenvalue weighted by Crippen LogP contribution is -2.31. The van der Waals surface area contributed by atoms with E-state index in [1.165, 1.54) is 5.56 Å². The molecule has 0 spiro atoms. The second kappa shape index (κ2) is 5.49. The summed E-state index contributed by atoms with van der Waals surface area (Å²) in [6.07, 6.45) is 0.940. The molecule has 1 N–H and O–H groups in total. The number of nitrogens with one attached hydrogen (secondary N) is 1. The van der Waals surface area contributed by atoms with Crippen molar-refractivity contribution in [2.24, 2.45) is 0 Å². The molecule has 0 radical (unpaired) electrons. The highest BCUT2D eigenvalue weighted by Crippen LogP contribution is 2.34. The van der Waals surface area contributed by atoms with E-state index in [1.807, 2.05) is 32.0 Å². The highest BCUT2D eigenvalue weighted by molar-refractivity contribution is 5.46. The fourth-order valence-corrected chi connectivity index (χ4v) is 3.22. The van der Waals surface area contributed by atoms with Crippen LogP contribution in [0, 0.1) is 19.7 Å². The molecule has 0 fully saturated rings.